The Balaban J connectivity index is 1.75. The van der Waals surface area contributed by atoms with Gasteiger partial charge in [-0.1, -0.05) is 10.2 Å². The van der Waals surface area contributed by atoms with Crippen molar-refractivity contribution in [2.24, 2.45) is 0 Å². The van der Waals surface area contributed by atoms with Crippen LogP contribution in [-0.2, 0) is 0 Å². The molecule has 1 aromatic carbocycles. The third-order valence-electron chi connectivity index (χ3n) is 3.58. The number of anilines is 1. The molecule has 11 nitrogen and oxygen atoms in total. The van der Waals surface area contributed by atoms with Crippen LogP contribution < -0.4 is 21.3 Å². The van der Waals surface area contributed by atoms with Crippen molar-refractivity contribution in [1.82, 2.24) is 30.5 Å². The lowest BCUT2D eigenvalue weighted by Gasteiger charge is -2.12. The minimum Gasteiger partial charge on any atom is -0.422 e. The molecule has 124 valence electrons. The molecule has 0 fully saturated rings. The summed E-state index contributed by atoms with van der Waals surface area (Å²) in [6.45, 7) is 0. The number of carbonyl (C=O) groups is 2. The summed E-state index contributed by atoms with van der Waals surface area (Å²) < 4.78 is 6.47. The van der Waals surface area contributed by atoms with Gasteiger partial charge >= 0.3 is 6.01 Å². The molecule has 0 radical (unpaired) electrons. The van der Waals surface area contributed by atoms with Crippen molar-refractivity contribution in [3.8, 4) is 17.4 Å². The molecule has 4 N–H and O–H groups in total. The van der Waals surface area contributed by atoms with Crippen LogP contribution in [-0.4, -0.2) is 37.0 Å². The normalized spacial score (nSPS) is 12.8. The van der Waals surface area contributed by atoms with Gasteiger partial charge in [0.15, 0.2) is 0 Å². The van der Waals surface area contributed by atoms with Crippen molar-refractivity contribution in [3.05, 3.63) is 51.8 Å². The monoisotopic (exact) mass is 339 g/mol. The molecule has 3 heterocycles. The summed E-state index contributed by atoms with van der Waals surface area (Å²) in [6.07, 6.45) is 0. The van der Waals surface area contributed by atoms with Crippen molar-refractivity contribution >= 4 is 17.6 Å². The van der Waals surface area contributed by atoms with Gasteiger partial charge in [-0.3, -0.25) is 24.3 Å². The predicted octanol–water partition coefficient (Wildman–Crippen LogP) is -0.391. The number of hydrogen-bond acceptors (Lipinski definition) is 8. The second kappa shape index (κ2) is 5.26. The third kappa shape index (κ3) is 2.30. The zero-order valence-electron chi connectivity index (χ0n) is 12.4. The molecule has 0 atom stereocenters. The molecule has 3 aromatic rings. The molecule has 0 unspecified atom stereocenters. The van der Waals surface area contributed by atoms with Crippen LogP contribution in [0.2, 0.25) is 0 Å². The number of aromatic nitrogens is 5. The van der Waals surface area contributed by atoms with Gasteiger partial charge in [0.1, 0.15) is 11.6 Å². The Morgan fingerprint density at radius 2 is 1.84 bits per heavy atom. The van der Waals surface area contributed by atoms with Gasteiger partial charge in [0.05, 0.1) is 16.8 Å². The highest BCUT2D eigenvalue weighted by Crippen LogP contribution is 2.24. The summed E-state index contributed by atoms with van der Waals surface area (Å²) >= 11 is 0. The molecule has 0 saturated heterocycles. The number of hydrogen-bond donors (Lipinski definition) is 3. The Kier molecular flexibility index (Phi) is 3.07. The van der Waals surface area contributed by atoms with Gasteiger partial charge in [0, 0.05) is 6.07 Å². The van der Waals surface area contributed by atoms with Gasteiger partial charge < -0.3 is 10.5 Å². The van der Waals surface area contributed by atoms with Crippen LogP contribution in [0.1, 0.15) is 20.7 Å². The first-order valence-electron chi connectivity index (χ1n) is 6.97. The van der Waals surface area contributed by atoms with Crippen LogP contribution in [0.4, 0.5) is 5.82 Å². The van der Waals surface area contributed by atoms with Gasteiger partial charge in [-0.25, -0.2) is 0 Å². The first-order chi connectivity index (χ1) is 12.0. The maximum atomic E-state index is 12.3. The van der Waals surface area contributed by atoms with Gasteiger partial charge in [0.2, 0.25) is 0 Å². The van der Waals surface area contributed by atoms with Crippen LogP contribution in [0.5, 0.6) is 11.8 Å². The second-order valence-corrected chi connectivity index (χ2v) is 5.07. The minimum atomic E-state index is -0.639. The van der Waals surface area contributed by atoms with Crippen LogP contribution in [0.3, 0.4) is 0 Å². The Morgan fingerprint density at radius 1 is 1.08 bits per heavy atom. The van der Waals surface area contributed by atoms with Gasteiger partial charge in [-0.15, -0.1) is 0 Å². The molecule has 2 aromatic heterocycles. The molecule has 2 amide bonds. The molecule has 1 aliphatic heterocycles. The van der Waals surface area contributed by atoms with Gasteiger partial charge in [0.25, 0.3) is 17.4 Å². The van der Waals surface area contributed by atoms with E-state index < -0.39 is 17.4 Å². The maximum Gasteiger partial charge on any atom is 0.361 e. The number of imide groups is 1. The second-order valence-electron chi connectivity index (χ2n) is 5.07. The molecule has 11 heteroatoms. The number of nitrogen functional groups attached to an aromatic ring is 1. The van der Waals surface area contributed by atoms with E-state index in [9.17, 15) is 14.4 Å². The zero-order valence-corrected chi connectivity index (χ0v) is 12.4. The summed E-state index contributed by atoms with van der Waals surface area (Å²) in [7, 11) is 0. The standard InChI is InChI=1S/C14H9N7O4/c15-11-10-8(12(23)16-13(10)24)5-9(22)21(11)6-1-3-7(4-2-6)25-14-17-19-20-18-14/h1-5H,15H2,(H,16,23,24)(H,17,18,19,20). The summed E-state index contributed by atoms with van der Waals surface area (Å²) in [5, 5.41) is 15.0. The van der Waals surface area contributed by atoms with Crippen molar-refractivity contribution in [2.75, 3.05) is 5.73 Å². The van der Waals surface area contributed by atoms with Gasteiger partial charge in [-0.05, 0) is 29.5 Å². The van der Waals surface area contributed by atoms with E-state index in [1.54, 1.807) is 24.3 Å². The zero-order chi connectivity index (χ0) is 17.6. The number of carbonyl (C=O) groups excluding carboxylic acids is 2. The first kappa shape index (κ1) is 14.6. The Bertz CT molecular complexity index is 1050. The molecular formula is C14H9N7O4. The number of ether oxygens (including phenoxy) is 1. The lowest BCUT2D eigenvalue weighted by Crippen LogP contribution is -2.24. The third-order valence-corrected chi connectivity index (χ3v) is 3.58. The van der Waals surface area contributed by atoms with E-state index in [1.807, 2.05) is 0 Å². The summed E-state index contributed by atoms with van der Waals surface area (Å²) in [4.78, 5) is 35.8. The predicted molar refractivity (Wildman–Crippen MR) is 82.5 cm³/mol. The smallest absolute Gasteiger partial charge is 0.361 e. The van der Waals surface area contributed by atoms with E-state index in [-0.39, 0.29) is 23.0 Å². The van der Waals surface area contributed by atoms with Crippen LogP contribution in [0, 0.1) is 0 Å². The summed E-state index contributed by atoms with van der Waals surface area (Å²) in [6, 6.07) is 7.38. The fourth-order valence-corrected chi connectivity index (χ4v) is 2.51. The molecule has 1 aliphatic rings. The number of nitrogens with zero attached hydrogens (tertiary/aromatic N) is 4. The number of aromatic amines is 1. The molecule has 0 spiro atoms. The Hall–Kier alpha value is -4.02. The number of nitrogens with one attached hydrogen (secondary N) is 2. The number of tetrazole rings is 1. The molecular weight excluding hydrogens is 330 g/mol. The Morgan fingerprint density at radius 3 is 2.52 bits per heavy atom. The van der Waals surface area contributed by atoms with E-state index in [4.69, 9.17) is 10.5 Å². The van der Waals surface area contributed by atoms with E-state index >= 15 is 0 Å². The first-order valence-corrected chi connectivity index (χ1v) is 6.97. The number of H-pyrrole nitrogens is 1. The number of nitrogens with two attached hydrogens (primary N) is 1. The van der Waals surface area contributed by atoms with Gasteiger partial charge in [-0.2, -0.15) is 5.21 Å². The van der Waals surface area contributed by atoms with Crippen molar-refractivity contribution in [3.63, 3.8) is 0 Å². The van der Waals surface area contributed by atoms with E-state index in [0.29, 0.717) is 11.4 Å². The highest BCUT2D eigenvalue weighted by Gasteiger charge is 2.31. The summed E-state index contributed by atoms with van der Waals surface area (Å²) in [5.41, 5.74) is 5.78. The fourth-order valence-electron chi connectivity index (χ4n) is 2.51. The lowest BCUT2D eigenvalue weighted by molar-refractivity contribution is 0.0880. The SMILES string of the molecule is Nc1c2c(cc(=O)n1-c1ccc(Oc3nn[nH]n3)cc1)C(=O)NC2=O. The number of pyridine rings is 1. The van der Waals surface area contributed by atoms with E-state index in [1.165, 1.54) is 0 Å². The molecule has 0 aliphatic carbocycles. The fraction of sp³-hybridized carbons (Fsp3) is 0. The van der Waals surface area contributed by atoms with E-state index in [0.717, 1.165) is 10.6 Å². The number of rotatable bonds is 3. The van der Waals surface area contributed by atoms with Crippen LogP contribution >= 0.6 is 0 Å². The molecule has 0 bridgehead atoms. The number of amides is 2. The minimum absolute atomic E-state index is 0.0169. The highest BCUT2D eigenvalue weighted by molar-refractivity contribution is 6.23. The topological polar surface area (TPSA) is 158 Å². The van der Waals surface area contributed by atoms with Crippen LogP contribution in [0.15, 0.2) is 35.1 Å². The molecule has 25 heavy (non-hydrogen) atoms. The van der Waals surface area contributed by atoms with E-state index in [2.05, 4.69) is 25.9 Å². The van der Waals surface area contributed by atoms with Crippen LogP contribution in [0.25, 0.3) is 5.69 Å². The van der Waals surface area contributed by atoms with Crippen molar-refractivity contribution in [1.29, 1.82) is 0 Å². The average Bonchev–Trinajstić information content (AvgIpc) is 3.17. The Labute approximate surface area is 138 Å². The largest absolute Gasteiger partial charge is 0.422 e. The van der Waals surface area contributed by atoms with Crippen molar-refractivity contribution < 1.29 is 14.3 Å². The van der Waals surface area contributed by atoms with Crippen molar-refractivity contribution in [2.45, 2.75) is 0 Å². The quantitative estimate of drug-likeness (QED) is 0.544. The molecule has 4 rings (SSSR count). The number of fused-ring (bicyclic) bond motifs is 1. The highest BCUT2D eigenvalue weighted by atomic mass is 16.5. The number of benzene rings is 1. The molecule has 0 saturated carbocycles. The maximum absolute atomic E-state index is 12.3. The summed E-state index contributed by atoms with van der Waals surface area (Å²) in [5.74, 6) is -0.980. The lowest BCUT2D eigenvalue weighted by atomic mass is 10.1. The average molecular weight is 339 g/mol.